The summed E-state index contributed by atoms with van der Waals surface area (Å²) in [6.07, 6.45) is 0. The van der Waals surface area contributed by atoms with E-state index in [-0.39, 0.29) is 17.9 Å². The quantitative estimate of drug-likeness (QED) is 0.484. The smallest absolute Gasteiger partial charge is 0.275 e. The highest BCUT2D eigenvalue weighted by atomic mass is 32.1. The number of hydrogen-bond acceptors (Lipinski definition) is 4. The first-order valence-corrected chi connectivity index (χ1v) is 4.50. The highest BCUT2D eigenvalue weighted by Crippen LogP contribution is 2.21. The molecule has 5 nitrogen and oxygen atoms in total. The molecule has 0 amide bonds. The third-order valence-electron chi connectivity index (χ3n) is 1.83. The van der Waals surface area contributed by atoms with Crippen LogP contribution in [0.4, 0.5) is 5.69 Å². The summed E-state index contributed by atoms with van der Waals surface area (Å²) < 4.78 is 4.81. The van der Waals surface area contributed by atoms with Crippen LogP contribution in [0.5, 0.6) is 0 Å². The zero-order chi connectivity index (χ0) is 11.4. The SMILES string of the molecule is COCc1ccc(C(=O)S)cc1[N+](=O)[O-]. The van der Waals surface area contributed by atoms with E-state index in [1.54, 1.807) is 0 Å². The van der Waals surface area contributed by atoms with Gasteiger partial charge < -0.3 is 4.74 Å². The molecule has 0 bridgehead atoms. The fraction of sp³-hybridized carbons (Fsp3) is 0.222. The second kappa shape index (κ2) is 4.90. The maximum atomic E-state index is 10.9. The van der Waals surface area contributed by atoms with E-state index in [2.05, 4.69) is 12.6 Å². The number of thiol groups is 1. The Morgan fingerprint density at radius 1 is 1.60 bits per heavy atom. The molecule has 0 radical (unpaired) electrons. The summed E-state index contributed by atoms with van der Waals surface area (Å²) in [6, 6.07) is 4.17. The molecule has 0 atom stereocenters. The fourth-order valence-corrected chi connectivity index (χ4v) is 1.28. The van der Waals surface area contributed by atoms with Crippen LogP contribution in [-0.4, -0.2) is 17.1 Å². The molecule has 0 aromatic heterocycles. The molecule has 6 heteroatoms. The summed E-state index contributed by atoms with van der Waals surface area (Å²) >= 11 is 3.60. The molecule has 0 heterocycles. The van der Waals surface area contributed by atoms with E-state index in [1.807, 2.05) is 0 Å². The number of rotatable bonds is 4. The fourth-order valence-electron chi connectivity index (χ4n) is 1.14. The summed E-state index contributed by atoms with van der Waals surface area (Å²) in [7, 11) is 1.45. The topological polar surface area (TPSA) is 69.4 Å². The lowest BCUT2D eigenvalue weighted by molar-refractivity contribution is -0.385. The predicted octanol–water partition coefficient (Wildman–Crippen LogP) is 1.81. The minimum atomic E-state index is -0.547. The number of hydrogen-bond donors (Lipinski definition) is 1. The maximum absolute atomic E-state index is 10.9. The van der Waals surface area contributed by atoms with Gasteiger partial charge in [-0.25, -0.2) is 0 Å². The number of nitrogens with zero attached hydrogens (tertiary/aromatic N) is 1. The van der Waals surface area contributed by atoms with Gasteiger partial charge in [-0.1, -0.05) is 0 Å². The highest BCUT2D eigenvalue weighted by molar-refractivity contribution is 7.97. The summed E-state index contributed by atoms with van der Waals surface area (Å²) in [6.45, 7) is 0.136. The molecule has 15 heavy (non-hydrogen) atoms. The number of methoxy groups -OCH3 is 1. The molecule has 80 valence electrons. The van der Waals surface area contributed by atoms with Crippen LogP contribution in [0.2, 0.25) is 0 Å². The zero-order valence-electron chi connectivity index (χ0n) is 7.97. The Morgan fingerprint density at radius 3 is 2.73 bits per heavy atom. The van der Waals surface area contributed by atoms with Gasteiger partial charge >= 0.3 is 0 Å². The van der Waals surface area contributed by atoms with Crippen molar-refractivity contribution in [3.63, 3.8) is 0 Å². The van der Waals surface area contributed by atoms with Gasteiger partial charge in [-0.05, 0) is 12.1 Å². The lowest BCUT2D eigenvalue weighted by atomic mass is 10.1. The molecule has 0 saturated heterocycles. The third-order valence-corrected chi connectivity index (χ3v) is 2.09. The van der Waals surface area contributed by atoms with Crippen LogP contribution in [0.15, 0.2) is 18.2 Å². The van der Waals surface area contributed by atoms with E-state index in [4.69, 9.17) is 4.74 Å². The van der Waals surface area contributed by atoms with Crippen molar-refractivity contribution in [2.75, 3.05) is 7.11 Å². The van der Waals surface area contributed by atoms with Crippen molar-refractivity contribution in [3.8, 4) is 0 Å². The van der Waals surface area contributed by atoms with Crippen molar-refractivity contribution in [1.29, 1.82) is 0 Å². The average Bonchev–Trinajstić information content (AvgIpc) is 2.18. The van der Waals surface area contributed by atoms with E-state index in [1.165, 1.54) is 25.3 Å². The van der Waals surface area contributed by atoms with Crippen LogP contribution in [0, 0.1) is 10.1 Å². The molecule has 1 aromatic rings. The second-order valence-electron chi connectivity index (χ2n) is 2.84. The van der Waals surface area contributed by atoms with Gasteiger partial charge in [0.2, 0.25) is 5.12 Å². The van der Waals surface area contributed by atoms with Gasteiger partial charge in [-0.15, -0.1) is 12.6 Å². The zero-order valence-corrected chi connectivity index (χ0v) is 8.86. The van der Waals surface area contributed by atoms with Crippen LogP contribution < -0.4 is 0 Å². The Kier molecular flexibility index (Phi) is 3.81. The number of nitro groups is 1. The van der Waals surface area contributed by atoms with E-state index in [9.17, 15) is 14.9 Å². The van der Waals surface area contributed by atoms with Gasteiger partial charge in [-0.2, -0.15) is 0 Å². The minimum Gasteiger partial charge on any atom is -0.380 e. The standard InChI is InChI=1S/C9H9NO4S/c1-14-5-7-3-2-6(9(11)15)4-8(7)10(12)13/h2-4H,5H2,1H3,(H,11,15). The minimum absolute atomic E-state index is 0.128. The second-order valence-corrected chi connectivity index (χ2v) is 3.24. The first-order valence-electron chi connectivity index (χ1n) is 4.05. The largest absolute Gasteiger partial charge is 0.380 e. The maximum Gasteiger partial charge on any atom is 0.275 e. The molecule has 0 aliphatic heterocycles. The van der Waals surface area contributed by atoms with Gasteiger partial charge in [-0.3, -0.25) is 14.9 Å². The first kappa shape index (κ1) is 11.7. The summed E-state index contributed by atoms with van der Waals surface area (Å²) in [5, 5.41) is 10.2. The van der Waals surface area contributed by atoms with E-state index in [0.29, 0.717) is 5.56 Å². The van der Waals surface area contributed by atoms with Crippen LogP contribution >= 0.6 is 12.6 Å². The van der Waals surface area contributed by atoms with Crippen LogP contribution in [0.3, 0.4) is 0 Å². The van der Waals surface area contributed by atoms with Crippen molar-refractivity contribution in [3.05, 3.63) is 39.4 Å². The number of nitro benzene ring substituents is 1. The van der Waals surface area contributed by atoms with E-state index >= 15 is 0 Å². The lowest BCUT2D eigenvalue weighted by Gasteiger charge is -2.02. The summed E-state index contributed by atoms with van der Waals surface area (Å²) in [4.78, 5) is 21.0. The third kappa shape index (κ3) is 2.77. The first-order chi connectivity index (χ1) is 7.06. The molecule has 1 aromatic carbocycles. The van der Waals surface area contributed by atoms with Crippen LogP contribution in [-0.2, 0) is 11.3 Å². The van der Waals surface area contributed by atoms with Crippen molar-refractivity contribution in [2.24, 2.45) is 0 Å². The number of ether oxygens (including phenoxy) is 1. The molecule has 0 fully saturated rings. The van der Waals surface area contributed by atoms with Crippen LogP contribution in [0.25, 0.3) is 0 Å². The molecule has 0 unspecified atom stereocenters. The average molecular weight is 227 g/mol. The van der Waals surface area contributed by atoms with Gasteiger partial charge in [0.05, 0.1) is 17.1 Å². The van der Waals surface area contributed by atoms with Crippen molar-refractivity contribution >= 4 is 23.4 Å². The molecule has 1 rings (SSSR count). The molecule has 0 aliphatic carbocycles. The van der Waals surface area contributed by atoms with Gasteiger partial charge in [0.1, 0.15) is 0 Å². The monoisotopic (exact) mass is 227 g/mol. The molecular formula is C9H9NO4S. The van der Waals surface area contributed by atoms with Gasteiger partial charge in [0.15, 0.2) is 0 Å². The molecule has 0 aliphatic rings. The molecule has 0 saturated carbocycles. The summed E-state index contributed by atoms with van der Waals surface area (Å²) in [5.41, 5.74) is 0.502. The molecule has 0 N–H and O–H groups in total. The number of carbonyl (C=O) groups excluding carboxylic acids is 1. The summed E-state index contributed by atoms with van der Waals surface area (Å²) in [5.74, 6) is 0. The van der Waals surface area contributed by atoms with Gasteiger partial charge in [0, 0.05) is 18.7 Å². The van der Waals surface area contributed by atoms with E-state index < -0.39 is 10.0 Å². The normalized spacial score (nSPS) is 10.0. The van der Waals surface area contributed by atoms with Crippen molar-refractivity contribution < 1.29 is 14.5 Å². The highest BCUT2D eigenvalue weighted by Gasteiger charge is 2.15. The Bertz CT molecular complexity index is 405. The molecule has 0 spiro atoms. The van der Waals surface area contributed by atoms with Crippen LogP contribution in [0.1, 0.15) is 15.9 Å². The van der Waals surface area contributed by atoms with E-state index in [0.717, 1.165) is 0 Å². The van der Waals surface area contributed by atoms with Gasteiger partial charge in [0.25, 0.3) is 5.69 Å². The Labute approximate surface area is 91.6 Å². The molecular weight excluding hydrogens is 218 g/mol. The number of benzene rings is 1. The predicted molar refractivity (Wildman–Crippen MR) is 57.1 cm³/mol. The Balaban J connectivity index is 3.20. The lowest BCUT2D eigenvalue weighted by Crippen LogP contribution is -1.99. The van der Waals surface area contributed by atoms with Crippen molar-refractivity contribution in [1.82, 2.24) is 0 Å². The Hall–Kier alpha value is -1.40. The van der Waals surface area contributed by atoms with Crippen molar-refractivity contribution in [2.45, 2.75) is 6.61 Å². The number of carbonyl (C=O) groups is 1. The Morgan fingerprint density at radius 2 is 2.27 bits per heavy atom.